The van der Waals surface area contributed by atoms with Gasteiger partial charge in [-0.2, -0.15) is 9.40 Å². The predicted molar refractivity (Wildman–Crippen MR) is 120 cm³/mol. The fourth-order valence-corrected chi connectivity index (χ4v) is 5.84. The van der Waals surface area contributed by atoms with Crippen molar-refractivity contribution < 1.29 is 17.9 Å². The molecule has 1 N–H and O–H groups in total. The first-order valence-electron chi connectivity index (χ1n) is 10.3. The molecule has 0 atom stereocenters. The van der Waals surface area contributed by atoms with Crippen LogP contribution in [0.1, 0.15) is 37.6 Å². The first-order chi connectivity index (χ1) is 14.6. The smallest absolute Gasteiger partial charge is 0.246 e. The number of sulfonamides is 1. The van der Waals surface area contributed by atoms with E-state index < -0.39 is 10.0 Å². The first-order valence-corrected chi connectivity index (χ1v) is 12.1. The quantitative estimate of drug-likeness (QED) is 0.669. The number of carbonyl (C=O) groups is 1. The molecule has 2 heterocycles. The SMILES string of the molecule is COc1ccc(Cl)cc1NC(=O)CCn1nc(C)c(S(=O)(=O)N2CCC(C)CC2)c1C. The number of halogens is 1. The number of hydrogen-bond donors (Lipinski definition) is 1. The molecule has 0 unspecified atom stereocenters. The van der Waals surface area contributed by atoms with E-state index in [-0.39, 0.29) is 23.8 Å². The third-order valence-electron chi connectivity index (χ3n) is 5.64. The number of anilines is 1. The maximum atomic E-state index is 13.2. The van der Waals surface area contributed by atoms with Gasteiger partial charge in [-0.3, -0.25) is 9.48 Å². The minimum atomic E-state index is -3.61. The average molecular weight is 469 g/mol. The van der Waals surface area contributed by atoms with Crippen LogP contribution in [0.15, 0.2) is 23.1 Å². The van der Waals surface area contributed by atoms with Gasteiger partial charge in [0, 0.05) is 24.5 Å². The summed E-state index contributed by atoms with van der Waals surface area (Å²) in [5, 5.41) is 7.66. The highest BCUT2D eigenvalue weighted by atomic mass is 35.5. The van der Waals surface area contributed by atoms with Crippen LogP contribution < -0.4 is 10.1 Å². The van der Waals surface area contributed by atoms with Crippen LogP contribution in [0.2, 0.25) is 5.02 Å². The second-order valence-corrected chi connectivity index (χ2v) is 10.3. The Labute approximate surface area is 188 Å². The van der Waals surface area contributed by atoms with E-state index in [0.29, 0.717) is 46.9 Å². The number of hydrogen-bond acceptors (Lipinski definition) is 5. The van der Waals surface area contributed by atoms with Gasteiger partial charge in [-0.15, -0.1) is 0 Å². The van der Waals surface area contributed by atoms with Crippen molar-refractivity contribution >= 4 is 33.2 Å². The first kappa shape index (κ1) is 23.6. The van der Waals surface area contributed by atoms with Gasteiger partial charge in [-0.25, -0.2) is 8.42 Å². The number of carbonyl (C=O) groups excluding carboxylic acids is 1. The summed E-state index contributed by atoms with van der Waals surface area (Å²) in [6.45, 7) is 6.88. The molecular weight excluding hydrogens is 440 g/mol. The number of benzene rings is 1. The number of aromatic nitrogens is 2. The molecule has 0 radical (unpaired) electrons. The highest BCUT2D eigenvalue weighted by molar-refractivity contribution is 7.89. The normalized spacial score (nSPS) is 15.8. The summed E-state index contributed by atoms with van der Waals surface area (Å²) in [7, 11) is -2.09. The third kappa shape index (κ3) is 5.22. The molecule has 1 saturated heterocycles. The molecule has 0 saturated carbocycles. The highest BCUT2D eigenvalue weighted by Crippen LogP contribution is 2.29. The van der Waals surface area contributed by atoms with E-state index in [1.54, 1.807) is 41.0 Å². The Morgan fingerprint density at radius 3 is 2.61 bits per heavy atom. The monoisotopic (exact) mass is 468 g/mol. The van der Waals surface area contributed by atoms with Gasteiger partial charge < -0.3 is 10.1 Å². The molecule has 1 fully saturated rings. The molecule has 31 heavy (non-hydrogen) atoms. The molecule has 8 nitrogen and oxygen atoms in total. The van der Waals surface area contributed by atoms with Crippen LogP contribution in [0.5, 0.6) is 5.75 Å². The standard InChI is InChI=1S/C21H29ClN4O4S/c1-14-7-10-25(11-8-14)31(28,29)21-15(2)24-26(16(21)3)12-9-20(27)23-18-13-17(22)5-6-19(18)30-4/h5-6,13-14H,7-12H2,1-4H3,(H,23,27). The van der Waals surface area contributed by atoms with Gasteiger partial charge in [0.05, 0.1) is 30.7 Å². The Morgan fingerprint density at radius 1 is 1.29 bits per heavy atom. The van der Waals surface area contributed by atoms with Crippen LogP contribution in [0, 0.1) is 19.8 Å². The van der Waals surface area contributed by atoms with Crippen LogP contribution in [0.3, 0.4) is 0 Å². The van der Waals surface area contributed by atoms with E-state index >= 15 is 0 Å². The van der Waals surface area contributed by atoms with E-state index in [0.717, 1.165) is 12.8 Å². The Bertz CT molecular complexity index is 1060. The number of rotatable bonds is 7. The minimum Gasteiger partial charge on any atom is -0.495 e. The van der Waals surface area contributed by atoms with Crippen molar-refractivity contribution in [2.24, 2.45) is 5.92 Å². The number of amides is 1. The number of ether oxygens (including phenoxy) is 1. The molecular formula is C21H29ClN4O4S. The van der Waals surface area contributed by atoms with Gasteiger partial charge in [0.1, 0.15) is 10.6 Å². The van der Waals surface area contributed by atoms with Crippen molar-refractivity contribution in [2.45, 2.75) is 51.5 Å². The summed E-state index contributed by atoms with van der Waals surface area (Å²) in [5.74, 6) is 0.795. The van der Waals surface area contributed by atoms with Crippen LogP contribution in [0.4, 0.5) is 5.69 Å². The molecule has 1 amide bonds. The van der Waals surface area contributed by atoms with Crippen molar-refractivity contribution in [1.82, 2.24) is 14.1 Å². The molecule has 0 aliphatic carbocycles. The molecule has 10 heteroatoms. The van der Waals surface area contributed by atoms with Crippen LogP contribution in [-0.2, 0) is 21.4 Å². The molecule has 0 bridgehead atoms. The third-order valence-corrected chi connectivity index (χ3v) is 8.03. The lowest BCUT2D eigenvalue weighted by atomic mass is 10.0. The molecule has 1 aliphatic heterocycles. The lowest BCUT2D eigenvalue weighted by molar-refractivity contribution is -0.116. The number of nitrogens with zero attached hydrogens (tertiary/aromatic N) is 3. The maximum Gasteiger partial charge on any atom is 0.246 e. The van der Waals surface area contributed by atoms with Gasteiger partial charge in [0.15, 0.2) is 0 Å². The van der Waals surface area contributed by atoms with E-state index in [1.807, 2.05) is 0 Å². The molecule has 2 aromatic rings. The summed E-state index contributed by atoms with van der Waals surface area (Å²) in [4.78, 5) is 12.7. The van der Waals surface area contributed by atoms with Gasteiger partial charge in [0.2, 0.25) is 15.9 Å². The number of piperidine rings is 1. The number of aryl methyl sites for hydroxylation is 2. The molecule has 1 aromatic carbocycles. The molecule has 170 valence electrons. The largest absolute Gasteiger partial charge is 0.495 e. The molecule has 1 aliphatic rings. The average Bonchev–Trinajstić information content (AvgIpc) is 3.00. The fourth-order valence-electron chi connectivity index (χ4n) is 3.82. The maximum absolute atomic E-state index is 13.2. The van der Waals surface area contributed by atoms with Crippen molar-refractivity contribution in [3.63, 3.8) is 0 Å². The Kier molecular flexibility index (Phi) is 7.28. The second kappa shape index (κ2) is 9.58. The Hall–Kier alpha value is -2.10. The topological polar surface area (TPSA) is 93.5 Å². The van der Waals surface area contributed by atoms with Gasteiger partial charge in [-0.05, 0) is 50.8 Å². The van der Waals surface area contributed by atoms with Crippen LogP contribution >= 0.6 is 11.6 Å². The number of nitrogens with one attached hydrogen (secondary N) is 1. The van der Waals surface area contributed by atoms with Crippen molar-refractivity contribution in [2.75, 3.05) is 25.5 Å². The lowest BCUT2D eigenvalue weighted by Gasteiger charge is -2.29. The van der Waals surface area contributed by atoms with Crippen LogP contribution in [-0.4, -0.2) is 48.6 Å². The minimum absolute atomic E-state index is 0.123. The van der Waals surface area contributed by atoms with E-state index in [4.69, 9.17) is 16.3 Å². The highest BCUT2D eigenvalue weighted by Gasteiger charge is 2.33. The Morgan fingerprint density at radius 2 is 1.97 bits per heavy atom. The van der Waals surface area contributed by atoms with E-state index in [2.05, 4.69) is 17.3 Å². The van der Waals surface area contributed by atoms with E-state index in [1.165, 1.54) is 7.11 Å². The summed E-state index contributed by atoms with van der Waals surface area (Å²) >= 11 is 6.00. The van der Waals surface area contributed by atoms with Crippen molar-refractivity contribution in [3.8, 4) is 5.75 Å². The fraction of sp³-hybridized carbons (Fsp3) is 0.524. The summed E-state index contributed by atoms with van der Waals surface area (Å²) < 4.78 is 34.8. The number of methoxy groups -OCH3 is 1. The van der Waals surface area contributed by atoms with Crippen molar-refractivity contribution in [1.29, 1.82) is 0 Å². The molecule has 0 spiro atoms. The second-order valence-electron chi connectivity index (χ2n) is 7.95. The molecule has 3 rings (SSSR count). The molecule has 1 aromatic heterocycles. The zero-order valence-corrected chi connectivity index (χ0v) is 19.9. The predicted octanol–water partition coefficient (Wildman–Crippen LogP) is 3.61. The van der Waals surface area contributed by atoms with Crippen LogP contribution in [0.25, 0.3) is 0 Å². The summed E-state index contributed by atoms with van der Waals surface area (Å²) in [5.41, 5.74) is 1.48. The summed E-state index contributed by atoms with van der Waals surface area (Å²) in [6, 6.07) is 4.97. The van der Waals surface area contributed by atoms with E-state index in [9.17, 15) is 13.2 Å². The summed E-state index contributed by atoms with van der Waals surface area (Å²) in [6.07, 6.45) is 1.84. The zero-order valence-electron chi connectivity index (χ0n) is 18.3. The van der Waals surface area contributed by atoms with Gasteiger partial charge in [-0.1, -0.05) is 18.5 Å². The lowest BCUT2D eigenvalue weighted by Crippen LogP contribution is -2.38. The Balaban J connectivity index is 1.71. The van der Waals surface area contributed by atoms with Gasteiger partial charge in [0.25, 0.3) is 0 Å². The van der Waals surface area contributed by atoms with Gasteiger partial charge >= 0.3 is 0 Å². The van der Waals surface area contributed by atoms with Crippen molar-refractivity contribution in [3.05, 3.63) is 34.6 Å². The zero-order chi connectivity index (χ0) is 22.8.